The van der Waals surface area contributed by atoms with E-state index in [2.05, 4.69) is 15.3 Å². The summed E-state index contributed by atoms with van der Waals surface area (Å²) in [4.78, 5) is 33.1. The Morgan fingerprint density at radius 3 is 2.30 bits per heavy atom. The third-order valence-electron chi connectivity index (χ3n) is 7.47. The number of nitrogens with two attached hydrogens (primary N) is 1. The summed E-state index contributed by atoms with van der Waals surface area (Å²) < 4.78 is 42.3. The van der Waals surface area contributed by atoms with Crippen LogP contribution in [0.15, 0.2) is 60.8 Å². The Labute approximate surface area is 230 Å². The number of halogens is 3. The van der Waals surface area contributed by atoms with Crippen LogP contribution in [0.25, 0.3) is 0 Å². The van der Waals surface area contributed by atoms with Gasteiger partial charge in [0, 0.05) is 36.8 Å². The number of piperidine rings is 1. The largest absolute Gasteiger partial charge is 0.465 e. The van der Waals surface area contributed by atoms with Crippen molar-refractivity contribution in [2.45, 2.75) is 50.6 Å². The van der Waals surface area contributed by atoms with Crippen molar-refractivity contribution in [1.29, 1.82) is 0 Å². The number of hydrogen-bond donors (Lipinski definition) is 3. The standard InChI is InChI=1S/C29H32F3N5O3/c1-2-22(26(33)38)23(16-18-6-4-3-5-7-18)25-24(29(30,31)32)17-34-27(36-25)35-21-10-8-19(9-11-21)20-12-14-37(15-13-20)28(39)40/h3-11,17,20,22-23H,2,12-16H2,1H3,(H2,33,38)(H,39,40)(H,34,35,36). The maximum atomic E-state index is 14.1. The highest BCUT2D eigenvalue weighted by Crippen LogP contribution is 2.39. The molecule has 1 aliphatic heterocycles. The highest BCUT2D eigenvalue weighted by Gasteiger charge is 2.40. The number of aromatic nitrogens is 2. The van der Waals surface area contributed by atoms with E-state index in [-0.39, 0.29) is 30.4 Å². The Morgan fingerprint density at radius 1 is 1.10 bits per heavy atom. The molecule has 0 bridgehead atoms. The molecule has 0 saturated carbocycles. The minimum atomic E-state index is -4.73. The quantitative estimate of drug-likeness (QED) is 0.301. The van der Waals surface area contributed by atoms with Crippen molar-refractivity contribution in [3.63, 3.8) is 0 Å². The number of rotatable bonds is 9. The summed E-state index contributed by atoms with van der Waals surface area (Å²) in [7, 11) is 0. The first-order valence-corrected chi connectivity index (χ1v) is 13.2. The number of anilines is 2. The van der Waals surface area contributed by atoms with Crippen molar-refractivity contribution >= 4 is 23.6 Å². The molecule has 4 rings (SSSR count). The number of carboxylic acid groups (broad SMARTS) is 1. The number of nitrogens with one attached hydrogen (secondary N) is 1. The van der Waals surface area contributed by atoms with Crippen LogP contribution in [-0.2, 0) is 17.4 Å². The number of benzene rings is 2. The van der Waals surface area contributed by atoms with Gasteiger partial charge in [0.05, 0.1) is 11.3 Å². The molecule has 2 heterocycles. The lowest BCUT2D eigenvalue weighted by Crippen LogP contribution is -2.36. The summed E-state index contributed by atoms with van der Waals surface area (Å²) in [6, 6.07) is 16.4. The van der Waals surface area contributed by atoms with Crippen molar-refractivity contribution in [2.24, 2.45) is 11.7 Å². The normalized spacial score (nSPS) is 15.8. The smallest absolute Gasteiger partial charge is 0.419 e. The second-order valence-electron chi connectivity index (χ2n) is 9.99. The monoisotopic (exact) mass is 555 g/mol. The zero-order chi connectivity index (χ0) is 28.9. The van der Waals surface area contributed by atoms with Crippen LogP contribution in [0.2, 0.25) is 0 Å². The fourth-order valence-corrected chi connectivity index (χ4v) is 5.31. The van der Waals surface area contributed by atoms with Gasteiger partial charge in [-0.1, -0.05) is 49.4 Å². The van der Waals surface area contributed by atoms with Crippen LogP contribution in [0, 0.1) is 5.92 Å². The zero-order valence-corrected chi connectivity index (χ0v) is 22.1. The average Bonchev–Trinajstić information content (AvgIpc) is 2.93. The van der Waals surface area contributed by atoms with Gasteiger partial charge in [0.2, 0.25) is 11.9 Å². The zero-order valence-electron chi connectivity index (χ0n) is 22.1. The van der Waals surface area contributed by atoms with E-state index < -0.39 is 35.6 Å². The molecule has 2 amide bonds. The predicted molar refractivity (Wildman–Crippen MR) is 144 cm³/mol. The number of likely N-dealkylation sites (tertiary alicyclic amines) is 1. The Balaban J connectivity index is 1.62. The van der Waals surface area contributed by atoms with Gasteiger partial charge in [-0.3, -0.25) is 4.79 Å². The van der Waals surface area contributed by atoms with Gasteiger partial charge >= 0.3 is 12.3 Å². The number of primary amides is 1. The lowest BCUT2D eigenvalue weighted by Gasteiger charge is -2.30. The minimum absolute atomic E-state index is 0.0251. The molecule has 40 heavy (non-hydrogen) atoms. The Kier molecular flexibility index (Phi) is 8.91. The van der Waals surface area contributed by atoms with E-state index in [0.717, 1.165) is 17.3 Å². The highest BCUT2D eigenvalue weighted by atomic mass is 19.4. The van der Waals surface area contributed by atoms with E-state index in [4.69, 9.17) is 10.8 Å². The molecule has 4 N–H and O–H groups in total. The third kappa shape index (κ3) is 6.88. The Hall–Kier alpha value is -4.15. The summed E-state index contributed by atoms with van der Waals surface area (Å²) in [5.41, 5.74) is 6.77. The second kappa shape index (κ2) is 12.4. The van der Waals surface area contributed by atoms with E-state index in [1.165, 1.54) is 4.90 Å². The van der Waals surface area contributed by atoms with Crippen LogP contribution in [0.3, 0.4) is 0 Å². The summed E-state index contributed by atoms with van der Waals surface area (Å²) in [5, 5.41) is 12.1. The van der Waals surface area contributed by atoms with Gasteiger partial charge in [-0.25, -0.2) is 14.8 Å². The molecule has 2 unspecified atom stereocenters. The molecule has 0 spiro atoms. The summed E-state index contributed by atoms with van der Waals surface area (Å²) in [6.45, 7) is 2.65. The number of nitrogens with zero attached hydrogens (tertiary/aromatic N) is 3. The minimum Gasteiger partial charge on any atom is -0.465 e. The van der Waals surface area contributed by atoms with E-state index >= 15 is 0 Å². The number of hydrogen-bond acceptors (Lipinski definition) is 5. The van der Waals surface area contributed by atoms with Crippen LogP contribution in [0.4, 0.5) is 29.6 Å². The SMILES string of the molecule is CCC(C(N)=O)C(Cc1ccccc1)c1nc(Nc2ccc(C3CCN(C(=O)O)CC3)cc2)ncc1C(F)(F)F. The first-order chi connectivity index (χ1) is 19.1. The summed E-state index contributed by atoms with van der Waals surface area (Å²) in [5.74, 6) is -2.27. The summed E-state index contributed by atoms with van der Waals surface area (Å²) >= 11 is 0. The molecule has 1 aliphatic rings. The molecule has 1 aromatic heterocycles. The highest BCUT2D eigenvalue weighted by molar-refractivity contribution is 5.78. The second-order valence-corrected chi connectivity index (χ2v) is 9.99. The van der Waals surface area contributed by atoms with E-state index in [0.29, 0.717) is 31.6 Å². The maximum absolute atomic E-state index is 14.1. The Morgan fingerprint density at radius 2 is 1.75 bits per heavy atom. The van der Waals surface area contributed by atoms with Crippen LogP contribution >= 0.6 is 0 Å². The van der Waals surface area contributed by atoms with Crippen molar-refractivity contribution in [2.75, 3.05) is 18.4 Å². The molecule has 11 heteroatoms. The van der Waals surface area contributed by atoms with Gasteiger partial charge in [-0.15, -0.1) is 0 Å². The number of alkyl halides is 3. The molecule has 1 saturated heterocycles. The fraction of sp³-hybridized carbons (Fsp3) is 0.379. The molecular formula is C29H32F3N5O3. The molecule has 3 aromatic rings. The van der Waals surface area contributed by atoms with E-state index in [9.17, 15) is 22.8 Å². The molecular weight excluding hydrogens is 523 g/mol. The molecule has 2 aromatic carbocycles. The molecule has 2 atom stereocenters. The van der Waals surface area contributed by atoms with Crippen LogP contribution < -0.4 is 11.1 Å². The van der Waals surface area contributed by atoms with Crippen molar-refractivity contribution in [3.8, 4) is 0 Å². The van der Waals surface area contributed by atoms with Gasteiger partial charge in [0.25, 0.3) is 0 Å². The molecule has 212 valence electrons. The van der Waals surface area contributed by atoms with Crippen LogP contribution in [0.1, 0.15) is 60.4 Å². The van der Waals surface area contributed by atoms with E-state index in [1.54, 1.807) is 43.3 Å². The number of carbonyl (C=O) groups excluding carboxylic acids is 1. The fourth-order valence-electron chi connectivity index (χ4n) is 5.31. The van der Waals surface area contributed by atoms with Gasteiger partial charge in [0.15, 0.2) is 0 Å². The Bertz CT molecular complexity index is 1310. The third-order valence-corrected chi connectivity index (χ3v) is 7.47. The maximum Gasteiger partial charge on any atom is 0.419 e. The predicted octanol–water partition coefficient (Wildman–Crippen LogP) is 5.93. The molecule has 8 nitrogen and oxygen atoms in total. The van der Waals surface area contributed by atoms with Crippen molar-refractivity contribution < 1.29 is 27.9 Å². The van der Waals surface area contributed by atoms with Gasteiger partial charge in [0.1, 0.15) is 0 Å². The molecule has 0 radical (unpaired) electrons. The summed E-state index contributed by atoms with van der Waals surface area (Å²) in [6.07, 6.45) is -3.06. The molecule has 0 aliphatic carbocycles. The van der Waals surface area contributed by atoms with Crippen molar-refractivity contribution in [1.82, 2.24) is 14.9 Å². The van der Waals surface area contributed by atoms with Crippen LogP contribution in [0.5, 0.6) is 0 Å². The van der Waals surface area contributed by atoms with Gasteiger partial charge in [-0.2, -0.15) is 13.2 Å². The lowest BCUT2D eigenvalue weighted by atomic mass is 9.80. The van der Waals surface area contributed by atoms with Crippen LogP contribution in [-0.4, -0.2) is 45.1 Å². The van der Waals surface area contributed by atoms with Gasteiger partial charge in [-0.05, 0) is 54.9 Å². The lowest BCUT2D eigenvalue weighted by molar-refractivity contribution is -0.139. The van der Waals surface area contributed by atoms with Gasteiger partial charge < -0.3 is 21.1 Å². The number of carbonyl (C=O) groups is 2. The van der Waals surface area contributed by atoms with E-state index in [1.807, 2.05) is 18.2 Å². The first kappa shape index (κ1) is 28.8. The average molecular weight is 556 g/mol. The number of amides is 2. The first-order valence-electron chi connectivity index (χ1n) is 13.2. The molecule has 1 fully saturated rings. The van der Waals surface area contributed by atoms with Crippen molar-refractivity contribution in [3.05, 3.63) is 83.2 Å². The topological polar surface area (TPSA) is 121 Å².